The molecule has 0 saturated carbocycles. The minimum absolute atomic E-state index is 0.197. The van der Waals surface area contributed by atoms with Crippen LogP contribution in [0.1, 0.15) is 39.0 Å². The second-order valence-electron chi connectivity index (χ2n) is 5.55. The Labute approximate surface area is 115 Å². The van der Waals surface area contributed by atoms with Crippen molar-refractivity contribution in [2.24, 2.45) is 0 Å². The highest BCUT2D eigenvalue weighted by molar-refractivity contribution is 7.91. The highest BCUT2D eigenvalue weighted by Gasteiger charge is 2.44. The zero-order chi connectivity index (χ0) is 13.9. The molecule has 0 aromatic heterocycles. The predicted molar refractivity (Wildman–Crippen MR) is 72.7 cm³/mol. The Morgan fingerprint density at radius 1 is 1.21 bits per heavy atom. The highest BCUT2D eigenvalue weighted by Crippen LogP contribution is 2.36. The Kier molecular flexibility index (Phi) is 4.50. The van der Waals surface area contributed by atoms with E-state index in [0.717, 1.165) is 25.9 Å². The Bertz CT molecular complexity index is 412. The number of likely N-dealkylation sites (tertiary alicyclic amines) is 1. The van der Waals surface area contributed by atoms with E-state index in [1.807, 2.05) is 0 Å². The summed E-state index contributed by atoms with van der Waals surface area (Å²) in [5.41, 5.74) is -0.284. The summed E-state index contributed by atoms with van der Waals surface area (Å²) in [5.74, 6) is 0.194. The molecule has 2 aliphatic heterocycles. The second-order valence-corrected chi connectivity index (χ2v) is 7.86. The third-order valence-corrected chi connectivity index (χ3v) is 5.96. The number of carbonyl (C=O) groups is 1. The van der Waals surface area contributed by atoms with E-state index in [9.17, 15) is 13.2 Å². The van der Waals surface area contributed by atoms with Crippen LogP contribution in [0.15, 0.2) is 0 Å². The first-order valence-electron chi connectivity index (χ1n) is 7.08. The smallest absolute Gasteiger partial charge is 0.307 e. The molecule has 0 spiro atoms. The van der Waals surface area contributed by atoms with Crippen LogP contribution in [0.4, 0.5) is 0 Å². The van der Waals surface area contributed by atoms with E-state index in [4.69, 9.17) is 4.74 Å². The molecule has 2 aliphatic rings. The molecule has 0 aliphatic carbocycles. The van der Waals surface area contributed by atoms with E-state index in [1.165, 1.54) is 0 Å². The third kappa shape index (κ3) is 3.48. The zero-order valence-electron chi connectivity index (χ0n) is 11.6. The van der Waals surface area contributed by atoms with Crippen LogP contribution in [0.2, 0.25) is 0 Å². The molecule has 0 bridgehead atoms. The van der Waals surface area contributed by atoms with Crippen molar-refractivity contribution in [1.82, 2.24) is 4.90 Å². The quantitative estimate of drug-likeness (QED) is 0.722. The maximum atomic E-state index is 11.8. The van der Waals surface area contributed by atoms with Crippen molar-refractivity contribution in [3.63, 3.8) is 0 Å². The van der Waals surface area contributed by atoms with Crippen molar-refractivity contribution < 1.29 is 17.9 Å². The van der Waals surface area contributed by atoms with Gasteiger partial charge in [0.15, 0.2) is 0 Å². The lowest BCUT2D eigenvalue weighted by atomic mass is 9.86. The average molecular weight is 289 g/mol. The normalized spacial score (nSPS) is 26.2. The third-order valence-electron chi connectivity index (χ3n) is 4.31. The van der Waals surface area contributed by atoms with Gasteiger partial charge in [0.05, 0.1) is 24.5 Å². The first kappa shape index (κ1) is 14.8. The van der Waals surface area contributed by atoms with Gasteiger partial charge in [-0.15, -0.1) is 0 Å². The molecule has 0 radical (unpaired) electrons. The summed E-state index contributed by atoms with van der Waals surface area (Å²) in [6.45, 7) is 4.12. The molecule has 0 amide bonds. The molecule has 6 heteroatoms. The Hall–Kier alpha value is -0.620. The van der Waals surface area contributed by atoms with Crippen LogP contribution in [0.5, 0.6) is 0 Å². The van der Waals surface area contributed by atoms with Gasteiger partial charge in [0, 0.05) is 5.54 Å². The van der Waals surface area contributed by atoms with Gasteiger partial charge >= 0.3 is 5.97 Å². The van der Waals surface area contributed by atoms with E-state index in [2.05, 4.69) is 4.90 Å². The van der Waals surface area contributed by atoms with Crippen LogP contribution < -0.4 is 0 Å². The van der Waals surface area contributed by atoms with Gasteiger partial charge < -0.3 is 4.74 Å². The van der Waals surface area contributed by atoms with Crippen LogP contribution in [0.25, 0.3) is 0 Å². The summed E-state index contributed by atoms with van der Waals surface area (Å²) in [4.78, 5) is 14.2. The summed E-state index contributed by atoms with van der Waals surface area (Å²) < 4.78 is 28.3. The number of carbonyl (C=O) groups excluding carboxylic acids is 1. The largest absolute Gasteiger partial charge is 0.466 e. The molecule has 2 saturated heterocycles. The number of hydrogen-bond acceptors (Lipinski definition) is 5. The van der Waals surface area contributed by atoms with Crippen LogP contribution in [-0.4, -0.2) is 56.0 Å². The molecule has 0 aromatic rings. The van der Waals surface area contributed by atoms with Crippen LogP contribution in [0, 0.1) is 0 Å². The molecule has 2 rings (SSSR count). The number of nitrogens with zero attached hydrogens (tertiary/aromatic N) is 1. The van der Waals surface area contributed by atoms with E-state index >= 15 is 0 Å². The van der Waals surface area contributed by atoms with Crippen LogP contribution in [0.3, 0.4) is 0 Å². The fourth-order valence-electron chi connectivity index (χ4n) is 3.20. The fraction of sp³-hybridized carbons (Fsp3) is 0.923. The SMILES string of the molecule is CCOC(=O)CC1(N2CCCC2)CCS(=O)(=O)CC1. The monoisotopic (exact) mass is 289 g/mol. The van der Waals surface area contributed by atoms with Crippen LogP contribution in [-0.2, 0) is 19.4 Å². The minimum atomic E-state index is -2.91. The fourth-order valence-corrected chi connectivity index (χ4v) is 4.78. The highest BCUT2D eigenvalue weighted by atomic mass is 32.2. The van der Waals surface area contributed by atoms with Gasteiger partial charge in [-0.1, -0.05) is 0 Å². The molecule has 2 fully saturated rings. The van der Waals surface area contributed by atoms with Gasteiger partial charge in [-0.3, -0.25) is 9.69 Å². The topological polar surface area (TPSA) is 63.7 Å². The van der Waals surface area contributed by atoms with Crippen molar-refractivity contribution in [2.75, 3.05) is 31.2 Å². The van der Waals surface area contributed by atoms with E-state index in [0.29, 0.717) is 25.9 Å². The maximum Gasteiger partial charge on any atom is 0.307 e. The van der Waals surface area contributed by atoms with Crippen molar-refractivity contribution in [1.29, 1.82) is 0 Å². The summed E-state index contributed by atoms with van der Waals surface area (Å²) in [6.07, 6.45) is 3.73. The van der Waals surface area contributed by atoms with Crippen molar-refractivity contribution in [3.05, 3.63) is 0 Å². The summed E-state index contributed by atoms with van der Waals surface area (Å²) in [6, 6.07) is 0. The molecule has 5 nitrogen and oxygen atoms in total. The first-order valence-corrected chi connectivity index (χ1v) is 8.91. The van der Waals surface area contributed by atoms with E-state index < -0.39 is 9.84 Å². The van der Waals surface area contributed by atoms with Crippen molar-refractivity contribution in [2.45, 2.75) is 44.6 Å². The lowest BCUT2D eigenvalue weighted by Gasteiger charge is -2.43. The number of ether oxygens (including phenoxy) is 1. The lowest BCUT2D eigenvalue weighted by Crippen LogP contribution is -2.53. The Morgan fingerprint density at radius 3 is 2.32 bits per heavy atom. The van der Waals surface area contributed by atoms with Gasteiger partial charge in [-0.05, 0) is 45.7 Å². The Morgan fingerprint density at radius 2 is 1.79 bits per heavy atom. The predicted octanol–water partition coefficient (Wildman–Crippen LogP) is 0.983. The zero-order valence-corrected chi connectivity index (χ0v) is 12.4. The van der Waals surface area contributed by atoms with Crippen molar-refractivity contribution >= 4 is 15.8 Å². The number of rotatable bonds is 4. The van der Waals surface area contributed by atoms with Gasteiger partial charge in [-0.25, -0.2) is 8.42 Å². The summed E-state index contributed by atoms with van der Waals surface area (Å²) in [5, 5.41) is 0. The van der Waals surface area contributed by atoms with Crippen molar-refractivity contribution in [3.8, 4) is 0 Å². The molecule has 0 N–H and O–H groups in total. The van der Waals surface area contributed by atoms with Gasteiger partial charge in [0.2, 0.25) is 0 Å². The standard InChI is InChI=1S/C13H23NO4S/c1-2-18-12(15)11-13(14-7-3-4-8-14)5-9-19(16,17)10-6-13/h2-11H2,1H3. The minimum Gasteiger partial charge on any atom is -0.466 e. The molecule has 2 heterocycles. The van der Waals surface area contributed by atoms with E-state index in [-0.39, 0.29) is 23.0 Å². The second kappa shape index (κ2) is 5.79. The molecule has 19 heavy (non-hydrogen) atoms. The Balaban J connectivity index is 2.11. The number of esters is 1. The van der Waals surface area contributed by atoms with Crippen LogP contribution >= 0.6 is 0 Å². The molecule has 110 valence electrons. The summed E-state index contributed by atoms with van der Waals surface area (Å²) >= 11 is 0. The maximum absolute atomic E-state index is 11.8. The molecular weight excluding hydrogens is 266 g/mol. The summed E-state index contributed by atoms with van der Waals surface area (Å²) in [7, 11) is -2.91. The van der Waals surface area contributed by atoms with Gasteiger partial charge in [-0.2, -0.15) is 0 Å². The van der Waals surface area contributed by atoms with E-state index in [1.54, 1.807) is 6.92 Å². The number of sulfone groups is 1. The first-order chi connectivity index (χ1) is 8.97. The lowest BCUT2D eigenvalue weighted by molar-refractivity contribution is -0.146. The average Bonchev–Trinajstić information content (AvgIpc) is 2.87. The molecule has 0 unspecified atom stereocenters. The molecular formula is C13H23NO4S. The number of hydrogen-bond donors (Lipinski definition) is 0. The van der Waals surface area contributed by atoms with Gasteiger partial charge in [0.25, 0.3) is 0 Å². The molecule has 0 aromatic carbocycles. The molecule has 0 atom stereocenters. The van der Waals surface area contributed by atoms with Gasteiger partial charge in [0.1, 0.15) is 9.84 Å².